The fourth-order valence-corrected chi connectivity index (χ4v) is 3.77. The van der Waals surface area contributed by atoms with Gasteiger partial charge in [0, 0.05) is 32.1 Å². The maximum Gasteiger partial charge on any atom is 0.230 e. The van der Waals surface area contributed by atoms with Gasteiger partial charge in [0.2, 0.25) is 11.8 Å². The maximum absolute atomic E-state index is 6.15. The first-order valence-electron chi connectivity index (χ1n) is 7.86. The normalized spacial score (nSPS) is 28.0. The average Bonchev–Trinajstić information content (AvgIpc) is 3.19. The average molecular weight is 300 g/mol. The summed E-state index contributed by atoms with van der Waals surface area (Å²) < 4.78 is 11.6. The van der Waals surface area contributed by atoms with Crippen LogP contribution in [0.4, 0.5) is 0 Å². The Labute approximate surface area is 129 Å². The lowest BCUT2D eigenvalue weighted by molar-refractivity contribution is 0.145. The van der Waals surface area contributed by atoms with Crippen molar-refractivity contribution in [2.24, 2.45) is 11.8 Å². The van der Waals surface area contributed by atoms with Crippen LogP contribution >= 0.6 is 0 Å². The van der Waals surface area contributed by atoms with Gasteiger partial charge in [-0.15, -0.1) is 10.2 Å². The summed E-state index contributed by atoms with van der Waals surface area (Å²) in [6.45, 7) is 4.70. The number of rotatable bonds is 4. The monoisotopic (exact) mass is 300 g/mol. The van der Waals surface area contributed by atoms with Gasteiger partial charge in [-0.2, -0.15) is 0 Å². The molecular weight excluding hydrogens is 280 g/mol. The molecule has 1 saturated heterocycles. The Bertz CT molecular complexity index is 630. The van der Waals surface area contributed by atoms with Crippen LogP contribution in [0.25, 0.3) is 0 Å². The van der Waals surface area contributed by atoms with Crippen molar-refractivity contribution in [3.05, 3.63) is 36.3 Å². The van der Waals surface area contributed by atoms with Crippen molar-refractivity contribution < 1.29 is 9.15 Å². The van der Waals surface area contributed by atoms with Gasteiger partial charge in [0.05, 0.1) is 12.7 Å². The summed E-state index contributed by atoms with van der Waals surface area (Å²) in [6, 6.07) is 3.90. The predicted octanol–water partition coefficient (Wildman–Crippen LogP) is 2.06. The molecule has 1 saturated carbocycles. The molecule has 2 fully saturated rings. The lowest BCUT2D eigenvalue weighted by Crippen LogP contribution is -2.28. The molecule has 0 spiro atoms. The maximum atomic E-state index is 6.15. The van der Waals surface area contributed by atoms with Gasteiger partial charge in [0.1, 0.15) is 11.9 Å². The molecule has 0 unspecified atom stereocenters. The summed E-state index contributed by atoms with van der Waals surface area (Å²) in [5.41, 5.74) is 0. The molecule has 116 valence electrons. The molecule has 3 heterocycles. The van der Waals surface area contributed by atoms with E-state index in [2.05, 4.69) is 20.1 Å². The second kappa shape index (κ2) is 5.68. The molecule has 2 aromatic heterocycles. The highest BCUT2D eigenvalue weighted by molar-refractivity contribution is 5.16. The SMILES string of the molecule is Cc1nnc(CN2C[C@H]3CC[C@@H](Oc4cccnc4)[C@H]3C2)o1. The zero-order chi connectivity index (χ0) is 14.9. The summed E-state index contributed by atoms with van der Waals surface area (Å²) in [4.78, 5) is 6.53. The van der Waals surface area contributed by atoms with Crippen molar-refractivity contribution in [3.63, 3.8) is 0 Å². The first kappa shape index (κ1) is 13.7. The second-order valence-corrected chi connectivity index (χ2v) is 6.26. The zero-order valence-electron chi connectivity index (χ0n) is 12.7. The van der Waals surface area contributed by atoms with Crippen LogP contribution in [-0.4, -0.2) is 39.3 Å². The Morgan fingerprint density at radius 2 is 2.27 bits per heavy atom. The number of nitrogens with zero attached hydrogens (tertiary/aromatic N) is 4. The van der Waals surface area contributed by atoms with Crippen LogP contribution in [0.3, 0.4) is 0 Å². The molecule has 0 amide bonds. The van der Waals surface area contributed by atoms with Crippen molar-refractivity contribution in [1.82, 2.24) is 20.1 Å². The largest absolute Gasteiger partial charge is 0.488 e. The van der Waals surface area contributed by atoms with Crippen LogP contribution in [0.2, 0.25) is 0 Å². The van der Waals surface area contributed by atoms with Crippen LogP contribution in [-0.2, 0) is 6.54 Å². The summed E-state index contributed by atoms with van der Waals surface area (Å²) in [7, 11) is 0. The van der Waals surface area contributed by atoms with E-state index in [-0.39, 0.29) is 0 Å². The van der Waals surface area contributed by atoms with Crippen LogP contribution in [0.15, 0.2) is 28.9 Å². The Morgan fingerprint density at radius 1 is 1.32 bits per heavy atom. The van der Waals surface area contributed by atoms with Gasteiger partial charge in [0.25, 0.3) is 0 Å². The molecule has 0 radical (unpaired) electrons. The second-order valence-electron chi connectivity index (χ2n) is 6.26. The third kappa shape index (κ3) is 2.70. The standard InChI is InChI=1S/C16H20N4O2/c1-11-18-19-16(21-11)10-20-8-12-4-5-15(14(12)9-20)22-13-3-2-6-17-7-13/h2-3,6-7,12,14-15H,4-5,8-10H2,1H3/t12-,14+,15-/m1/s1. The molecular formula is C16H20N4O2. The van der Waals surface area contributed by atoms with Gasteiger partial charge in [-0.3, -0.25) is 9.88 Å². The zero-order valence-corrected chi connectivity index (χ0v) is 12.7. The third-order valence-corrected chi connectivity index (χ3v) is 4.72. The molecule has 0 N–H and O–H groups in total. The number of hydrogen-bond donors (Lipinski definition) is 0. The van der Waals surface area contributed by atoms with E-state index in [9.17, 15) is 0 Å². The number of hydrogen-bond acceptors (Lipinski definition) is 6. The van der Waals surface area contributed by atoms with Crippen molar-refractivity contribution in [1.29, 1.82) is 0 Å². The number of pyridine rings is 1. The highest BCUT2D eigenvalue weighted by Gasteiger charge is 2.44. The number of likely N-dealkylation sites (tertiary alicyclic amines) is 1. The molecule has 2 aliphatic rings. The van der Waals surface area contributed by atoms with Crippen LogP contribution in [0.5, 0.6) is 5.75 Å². The number of aryl methyl sites for hydroxylation is 1. The molecule has 4 rings (SSSR count). The van der Waals surface area contributed by atoms with Crippen molar-refractivity contribution in [2.75, 3.05) is 13.1 Å². The number of aromatic nitrogens is 3. The smallest absolute Gasteiger partial charge is 0.230 e. The summed E-state index contributed by atoms with van der Waals surface area (Å²) >= 11 is 0. The fourth-order valence-electron chi connectivity index (χ4n) is 3.77. The van der Waals surface area contributed by atoms with Crippen molar-refractivity contribution >= 4 is 0 Å². The van der Waals surface area contributed by atoms with E-state index in [0.717, 1.165) is 31.8 Å². The molecule has 6 heteroatoms. The fraction of sp³-hybridized carbons (Fsp3) is 0.562. The minimum absolute atomic E-state index is 0.295. The predicted molar refractivity (Wildman–Crippen MR) is 79.2 cm³/mol. The van der Waals surface area contributed by atoms with E-state index in [1.165, 1.54) is 6.42 Å². The third-order valence-electron chi connectivity index (χ3n) is 4.72. The summed E-state index contributed by atoms with van der Waals surface area (Å²) in [6.07, 6.45) is 6.23. The number of ether oxygens (including phenoxy) is 1. The highest BCUT2D eigenvalue weighted by Crippen LogP contribution is 2.40. The quantitative estimate of drug-likeness (QED) is 0.861. The highest BCUT2D eigenvalue weighted by atomic mass is 16.5. The topological polar surface area (TPSA) is 64.3 Å². The van der Waals surface area contributed by atoms with Crippen LogP contribution < -0.4 is 4.74 Å². The van der Waals surface area contributed by atoms with Gasteiger partial charge in [-0.25, -0.2) is 0 Å². The Morgan fingerprint density at radius 3 is 3.05 bits per heavy atom. The molecule has 2 aromatic rings. The molecule has 3 atom stereocenters. The molecule has 22 heavy (non-hydrogen) atoms. The van der Waals surface area contributed by atoms with Gasteiger partial charge in [-0.05, 0) is 30.9 Å². The molecule has 6 nitrogen and oxygen atoms in total. The lowest BCUT2D eigenvalue weighted by Gasteiger charge is -2.21. The summed E-state index contributed by atoms with van der Waals surface area (Å²) in [5.74, 6) is 3.52. The Kier molecular flexibility index (Phi) is 3.54. The number of fused-ring (bicyclic) bond motifs is 1. The van der Waals surface area contributed by atoms with E-state index < -0.39 is 0 Å². The lowest BCUT2D eigenvalue weighted by atomic mass is 9.99. The van der Waals surface area contributed by atoms with Gasteiger partial charge in [0.15, 0.2) is 0 Å². The van der Waals surface area contributed by atoms with E-state index in [1.807, 2.05) is 19.1 Å². The van der Waals surface area contributed by atoms with Gasteiger partial charge in [-0.1, -0.05) is 0 Å². The minimum atomic E-state index is 0.295. The van der Waals surface area contributed by atoms with Crippen LogP contribution in [0, 0.1) is 18.8 Å². The first-order valence-corrected chi connectivity index (χ1v) is 7.86. The molecule has 0 aromatic carbocycles. The van der Waals surface area contributed by atoms with Crippen LogP contribution in [0.1, 0.15) is 24.6 Å². The van der Waals surface area contributed by atoms with Crippen molar-refractivity contribution in [2.45, 2.75) is 32.4 Å². The first-order chi connectivity index (χ1) is 10.8. The Hall–Kier alpha value is -1.95. The molecule has 1 aliphatic heterocycles. The minimum Gasteiger partial charge on any atom is -0.488 e. The van der Waals surface area contributed by atoms with E-state index in [0.29, 0.717) is 29.7 Å². The summed E-state index contributed by atoms with van der Waals surface area (Å²) in [5, 5.41) is 7.99. The van der Waals surface area contributed by atoms with E-state index in [4.69, 9.17) is 9.15 Å². The Balaban J connectivity index is 1.38. The molecule has 1 aliphatic carbocycles. The van der Waals surface area contributed by atoms with Gasteiger partial charge < -0.3 is 9.15 Å². The molecule has 0 bridgehead atoms. The van der Waals surface area contributed by atoms with Crippen molar-refractivity contribution in [3.8, 4) is 5.75 Å². The van der Waals surface area contributed by atoms with Gasteiger partial charge >= 0.3 is 0 Å². The van der Waals surface area contributed by atoms with E-state index in [1.54, 1.807) is 12.4 Å². The van der Waals surface area contributed by atoms with E-state index >= 15 is 0 Å².